The molecule has 1 aliphatic rings. The maximum Gasteiger partial charge on any atom is 0.257 e. The highest BCUT2D eigenvalue weighted by Crippen LogP contribution is 2.38. The lowest BCUT2D eigenvalue weighted by Gasteiger charge is -2.28. The maximum absolute atomic E-state index is 11.4. The van der Waals surface area contributed by atoms with E-state index in [2.05, 4.69) is 21.2 Å². The van der Waals surface area contributed by atoms with E-state index in [1.165, 1.54) is 0 Å². The molecular formula is C13H17BrN2O3. The summed E-state index contributed by atoms with van der Waals surface area (Å²) in [4.78, 5) is 13.3. The summed E-state index contributed by atoms with van der Waals surface area (Å²) in [5.41, 5.74) is 1.20. The first kappa shape index (κ1) is 14.3. The van der Waals surface area contributed by atoms with E-state index < -0.39 is 17.6 Å². The molecule has 0 radical (unpaired) electrons. The highest BCUT2D eigenvalue weighted by Gasteiger charge is 2.30. The van der Waals surface area contributed by atoms with Gasteiger partial charge in [-0.25, -0.2) is 0 Å². The quantitative estimate of drug-likeness (QED) is 0.788. The zero-order valence-corrected chi connectivity index (χ0v) is 12.7. The van der Waals surface area contributed by atoms with E-state index >= 15 is 0 Å². The number of amides is 1. The molecule has 1 aromatic rings. The number of nitrogens with zero attached hydrogens (tertiary/aromatic N) is 1. The Morgan fingerprint density at radius 1 is 1.47 bits per heavy atom. The van der Waals surface area contributed by atoms with Crippen molar-refractivity contribution in [3.8, 4) is 0 Å². The van der Waals surface area contributed by atoms with Crippen molar-refractivity contribution in [1.29, 1.82) is 0 Å². The first-order chi connectivity index (χ1) is 8.69. The summed E-state index contributed by atoms with van der Waals surface area (Å²) in [6.45, 7) is 3.91. The van der Waals surface area contributed by atoms with Gasteiger partial charge < -0.3 is 20.4 Å². The minimum atomic E-state index is -1.11. The second kappa shape index (κ2) is 4.77. The van der Waals surface area contributed by atoms with Gasteiger partial charge in [-0.05, 0) is 41.9 Å². The minimum absolute atomic E-state index is 0.413. The topological polar surface area (TPSA) is 72.8 Å². The number of carbonyl (C=O) groups is 1. The lowest BCUT2D eigenvalue weighted by molar-refractivity contribution is -0.123. The van der Waals surface area contributed by atoms with Crippen molar-refractivity contribution in [3.05, 3.63) is 22.2 Å². The van der Waals surface area contributed by atoms with Crippen molar-refractivity contribution in [2.45, 2.75) is 25.6 Å². The third kappa shape index (κ3) is 2.91. The summed E-state index contributed by atoms with van der Waals surface area (Å²) >= 11 is 3.43. The molecule has 19 heavy (non-hydrogen) atoms. The first-order valence-corrected chi connectivity index (χ1v) is 6.74. The predicted octanol–water partition coefficient (Wildman–Crippen LogP) is 1.64. The number of hydrogen-bond acceptors (Lipinski definition) is 4. The Kier molecular flexibility index (Phi) is 3.59. The molecule has 1 aromatic carbocycles. The summed E-state index contributed by atoms with van der Waals surface area (Å²) in [5, 5.41) is 22.2. The summed E-state index contributed by atoms with van der Waals surface area (Å²) in [6, 6.07) is 3.52. The molecule has 104 valence electrons. The van der Waals surface area contributed by atoms with Crippen molar-refractivity contribution >= 4 is 33.2 Å². The number of benzene rings is 1. The number of carbonyl (C=O) groups excluding carboxylic acids is 1. The summed E-state index contributed by atoms with van der Waals surface area (Å²) in [7, 11) is 1.86. The van der Waals surface area contributed by atoms with E-state index in [9.17, 15) is 15.0 Å². The van der Waals surface area contributed by atoms with Crippen molar-refractivity contribution in [1.82, 2.24) is 0 Å². The highest BCUT2D eigenvalue weighted by molar-refractivity contribution is 9.10. The molecule has 3 N–H and O–H groups in total. The van der Waals surface area contributed by atoms with Gasteiger partial charge in [-0.1, -0.05) is 0 Å². The molecule has 1 atom stereocenters. The van der Waals surface area contributed by atoms with Crippen LogP contribution in [0.2, 0.25) is 0 Å². The second-order valence-corrected chi connectivity index (χ2v) is 6.31. The predicted molar refractivity (Wildman–Crippen MR) is 77.3 cm³/mol. The molecule has 6 heteroatoms. The summed E-state index contributed by atoms with van der Waals surface area (Å²) in [5.74, 6) is -0.413. The lowest BCUT2D eigenvalue weighted by Crippen LogP contribution is -2.36. The van der Waals surface area contributed by atoms with Crippen molar-refractivity contribution in [2.24, 2.45) is 0 Å². The number of aliphatic hydroxyl groups is 2. The molecule has 0 spiro atoms. The van der Waals surface area contributed by atoms with Gasteiger partial charge in [0.05, 0.1) is 11.3 Å². The van der Waals surface area contributed by atoms with Gasteiger partial charge in [0, 0.05) is 29.3 Å². The molecular weight excluding hydrogens is 312 g/mol. The maximum atomic E-state index is 11.4. The third-order valence-electron chi connectivity index (χ3n) is 2.96. The van der Waals surface area contributed by atoms with Crippen LogP contribution < -0.4 is 10.2 Å². The van der Waals surface area contributed by atoms with Crippen LogP contribution in [0.4, 0.5) is 11.4 Å². The molecule has 2 rings (SSSR count). The Hall–Kier alpha value is -1.11. The minimum Gasteiger partial charge on any atom is -0.389 e. The van der Waals surface area contributed by atoms with Crippen molar-refractivity contribution in [2.75, 3.05) is 23.8 Å². The Labute approximate surface area is 120 Å². The van der Waals surface area contributed by atoms with Gasteiger partial charge in [-0.15, -0.1) is 0 Å². The fraction of sp³-hybridized carbons (Fsp3) is 0.462. The van der Waals surface area contributed by atoms with E-state index in [1.807, 2.05) is 11.9 Å². The Morgan fingerprint density at radius 3 is 2.68 bits per heavy atom. The normalized spacial score (nSPS) is 18.2. The Bertz CT molecular complexity index is 525. The fourth-order valence-corrected chi connectivity index (χ4v) is 2.88. The molecule has 1 heterocycles. The van der Waals surface area contributed by atoms with Crippen LogP contribution in [0.5, 0.6) is 0 Å². The third-order valence-corrected chi connectivity index (χ3v) is 3.59. The average Bonchev–Trinajstić information content (AvgIpc) is 2.52. The SMILES string of the molecule is CN(CC(C)(C)O)c1cc2c(cc1Br)C(O)C(=O)N2. The van der Waals surface area contributed by atoms with Gasteiger partial charge in [0.25, 0.3) is 5.91 Å². The van der Waals surface area contributed by atoms with E-state index in [-0.39, 0.29) is 0 Å². The number of rotatable bonds is 3. The monoisotopic (exact) mass is 328 g/mol. The molecule has 0 aliphatic carbocycles. The highest BCUT2D eigenvalue weighted by atomic mass is 79.9. The smallest absolute Gasteiger partial charge is 0.257 e. The van der Waals surface area contributed by atoms with E-state index in [1.54, 1.807) is 26.0 Å². The first-order valence-electron chi connectivity index (χ1n) is 5.95. The lowest BCUT2D eigenvalue weighted by atomic mass is 10.1. The van der Waals surface area contributed by atoms with Gasteiger partial charge in [0.1, 0.15) is 0 Å². The molecule has 5 nitrogen and oxygen atoms in total. The van der Waals surface area contributed by atoms with Crippen LogP contribution in [0.15, 0.2) is 16.6 Å². The standard InChI is InChI=1S/C13H17BrN2O3/c1-13(2,19)6-16(3)10-5-9-7(4-8(10)14)11(17)12(18)15-9/h4-5,11,17,19H,6H2,1-3H3,(H,15,18). The van der Waals surface area contributed by atoms with Gasteiger partial charge in [0.2, 0.25) is 0 Å². The molecule has 1 aliphatic heterocycles. The van der Waals surface area contributed by atoms with Crippen LogP contribution in [-0.2, 0) is 4.79 Å². The molecule has 0 saturated carbocycles. The summed E-state index contributed by atoms with van der Waals surface area (Å²) < 4.78 is 0.772. The zero-order valence-electron chi connectivity index (χ0n) is 11.1. The Balaban J connectivity index is 2.34. The number of hydrogen-bond donors (Lipinski definition) is 3. The van der Waals surface area contributed by atoms with Crippen molar-refractivity contribution in [3.63, 3.8) is 0 Å². The van der Waals surface area contributed by atoms with Crippen molar-refractivity contribution < 1.29 is 15.0 Å². The van der Waals surface area contributed by atoms with Gasteiger partial charge in [-0.2, -0.15) is 0 Å². The van der Waals surface area contributed by atoms with Crippen LogP contribution in [0.1, 0.15) is 25.5 Å². The van der Waals surface area contributed by atoms with Gasteiger partial charge >= 0.3 is 0 Å². The number of likely N-dealkylation sites (N-methyl/N-ethyl adjacent to an activating group) is 1. The summed E-state index contributed by atoms with van der Waals surface area (Å²) in [6.07, 6.45) is -1.11. The number of aliphatic hydroxyl groups excluding tert-OH is 1. The van der Waals surface area contributed by atoms with Gasteiger partial charge in [0.15, 0.2) is 6.10 Å². The van der Waals surface area contributed by atoms with Crippen LogP contribution in [-0.4, -0.2) is 35.3 Å². The molecule has 0 fully saturated rings. The number of anilines is 2. The van der Waals surface area contributed by atoms with Crippen LogP contribution in [0, 0.1) is 0 Å². The van der Waals surface area contributed by atoms with Crippen LogP contribution in [0.25, 0.3) is 0 Å². The van der Waals surface area contributed by atoms with E-state index in [4.69, 9.17) is 0 Å². The molecule has 1 unspecified atom stereocenters. The molecule has 0 saturated heterocycles. The molecule has 0 aromatic heterocycles. The van der Waals surface area contributed by atoms with Crippen LogP contribution >= 0.6 is 15.9 Å². The molecule has 0 bridgehead atoms. The Morgan fingerprint density at radius 2 is 2.11 bits per heavy atom. The fourth-order valence-electron chi connectivity index (χ4n) is 2.21. The second-order valence-electron chi connectivity index (χ2n) is 5.45. The molecule has 1 amide bonds. The number of fused-ring (bicyclic) bond motifs is 1. The van der Waals surface area contributed by atoms with E-state index in [0.717, 1.165) is 10.2 Å². The van der Waals surface area contributed by atoms with Crippen LogP contribution in [0.3, 0.4) is 0 Å². The average molecular weight is 329 g/mol. The van der Waals surface area contributed by atoms with E-state index in [0.29, 0.717) is 17.8 Å². The largest absolute Gasteiger partial charge is 0.389 e. The number of nitrogens with one attached hydrogen (secondary N) is 1. The number of halogens is 1. The zero-order chi connectivity index (χ0) is 14.4. The van der Waals surface area contributed by atoms with Gasteiger partial charge in [-0.3, -0.25) is 4.79 Å².